The van der Waals surface area contributed by atoms with Crippen molar-refractivity contribution in [3.8, 4) is 0 Å². The van der Waals surface area contributed by atoms with Gasteiger partial charge in [0.25, 0.3) is 0 Å². The lowest BCUT2D eigenvalue weighted by atomic mass is 9.64. The molecule has 2 nitrogen and oxygen atoms in total. The highest BCUT2D eigenvalue weighted by Crippen LogP contribution is 2.58. The molecule has 1 N–H and O–H groups in total. The number of thioether (sulfide) groups is 1. The van der Waals surface area contributed by atoms with Gasteiger partial charge in [-0.05, 0) is 36.1 Å². The molecule has 2 aromatic carbocycles. The molecule has 0 saturated carbocycles. The number of halogens is 1. The summed E-state index contributed by atoms with van der Waals surface area (Å²) in [6.07, 6.45) is 0.763. The molecule has 2 aromatic rings. The zero-order valence-electron chi connectivity index (χ0n) is 12.5. The third kappa shape index (κ3) is 2.16. The number of hydrogen-bond acceptors (Lipinski definition) is 3. The van der Waals surface area contributed by atoms with E-state index < -0.39 is 11.5 Å². The largest absolute Gasteiger partial charge is 0.391 e. The quantitative estimate of drug-likeness (QED) is 0.865. The highest BCUT2D eigenvalue weighted by molar-refractivity contribution is 7.99. The zero-order chi connectivity index (χ0) is 16.0. The van der Waals surface area contributed by atoms with E-state index in [9.17, 15) is 14.3 Å². The van der Waals surface area contributed by atoms with E-state index in [2.05, 4.69) is 0 Å². The Morgan fingerprint density at radius 2 is 1.87 bits per heavy atom. The Balaban J connectivity index is 1.81. The molecule has 1 heterocycles. The zero-order valence-corrected chi connectivity index (χ0v) is 13.4. The van der Waals surface area contributed by atoms with Crippen molar-refractivity contribution in [1.29, 1.82) is 0 Å². The molecule has 0 radical (unpaired) electrons. The first-order chi connectivity index (χ1) is 11.1. The van der Waals surface area contributed by atoms with Gasteiger partial charge in [-0.15, -0.1) is 11.8 Å². The number of aliphatic hydroxyl groups excluding tert-OH is 1. The maximum absolute atomic E-state index is 13.3. The van der Waals surface area contributed by atoms with Gasteiger partial charge in [-0.25, -0.2) is 4.39 Å². The van der Waals surface area contributed by atoms with E-state index in [1.807, 2.05) is 24.3 Å². The standard InChI is InChI=1S/C19H17FO2S/c20-14-7-5-13(6-8-14)18-19(16(21)11-23-18)10-9-12-3-1-2-4-15(12)17(19)22/h1-8,16,18,21H,9-11H2/t16-,18+,19+/m1/s1. The van der Waals surface area contributed by atoms with Crippen LogP contribution in [0, 0.1) is 11.2 Å². The topological polar surface area (TPSA) is 37.3 Å². The molecular weight excluding hydrogens is 311 g/mol. The van der Waals surface area contributed by atoms with Crippen LogP contribution in [0.2, 0.25) is 0 Å². The van der Waals surface area contributed by atoms with Crippen LogP contribution in [0.5, 0.6) is 0 Å². The summed E-state index contributed by atoms with van der Waals surface area (Å²) in [4.78, 5) is 13.3. The van der Waals surface area contributed by atoms with E-state index in [1.165, 1.54) is 12.1 Å². The predicted molar refractivity (Wildman–Crippen MR) is 89.1 cm³/mol. The van der Waals surface area contributed by atoms with Crippen LogP contribution in [-0.4, -0.2) is 22.7 Å². The number of Topliss-reactive ketones (excluding diaryl/α,β-unsaturated/α-hetero) is 1. The van der Waals surface area contributed by atoms with Crippen molar-refractivity contribution in [3.63, 3.8) is 0 Å². The molecule has 23 heavy (non-hydrogen) atoms. The second-order valence-corrected chi connectivity index (χ2v) is 7.45. The van der Waals surface area contributed by atoms with Crippen LogP contribution in [0.15, 0.2) is 48.5 Å². The van der Waals surface area contributed by atoms with Crippen LogP contribution in [0.4, 0.5) is 4.39 Å². The number of aliphatic hydroxyl groups is 1. The van der Waals surface area contributed by atoms with Gasteiger partial charge in [0.1, 0.15) is 5.82 Å². The van der Waals surface area contributed by atoms with Gasteiger partial charge in [0.15, 0.2) is 5.78 Å². The smallest absolute Gasteiger partial charge is 0.173 e. The van der Waals surface area contributed by atoms with E-state index in [4.69, 9.17) is 0 Å². The Labute approximate surface area is 138 Å². The lowest BCUT2D eigenvalue weighted by molar-refractivity contribution is 0.0325. The minimum Gasteiger partial charge on any atom is -0.391 e. The molecule has 0 amide bonds. The Kier molecular flexibility index (Phi) is 3.54. The first-order valence-electron chi connectivity index (χ1n) is 7.81. The number of hydrogen-bond donors (Lipinski definition) is 1. The van der Waals surface area contributed by atoms with Gasteiger partial charge in [-0.2, -0.15) is 0 Å². The lowest BCUT2D eigenvalue weighted by Gasteiger charge is -2.39. The molecule has 2 aliphatic rings. The SMILES string of the molecule is O=C1c2ccccc2CC[C@]12[C@H](O)CS[C@H]2c1ccc(F)cc1. The maximum atomic E-state index is 13.3. The van der Waals surface area contributed by atoms with Crippen LogP contribution in [0.1, 0.15) is 33.2 Å². The minimum atomic E-state index is -0.795. The molecule has 0 bridgehead atoms. The number of ketones is 1. The number of carbonyl (C=O) groups excluding carboxylic acids is 1. The molecule has 118 valence electrons. The number of fused-ring (bicyclic) bond motifs is 1. The molecule has 1 fully saturated rings. The first kappa shape index (κ1) is 14.9. The summed E-state index contributed by atoms with van der Waals surface area (Å²) in [5.74, 6) is 0.286. The van der Waals surface area contributed by atoms with Crippen molar-refractivity contribution in [1.82, 2.24) is 0 Å². The third-order valence-electron chi connectivity index (χ3n) is 5.15. The lowest BCUT2D eigenvalue weighted by Crippen LogP contribution is -2.46. The molecule has 1 spiro atoms. The van der Waals surface area contributed by atoms with Crippen LogP contribution >= 0.6 is 11.8 Å². The molecule has 1 aliphatic carbocycles. The van der Waals surface area contributed by atoms with Gasteiger partial charge in [0.2, 0.25) is 0 Å². The fraction of sp³-hybridized carbons (Fsp3) is 0.316. The van der Waals surface area contributed by atoms with Crippen molar-refractivity contribution in [2.75, 3.05) is 5.75 Å². The van der Waals surface area contributed by atoms with Crippen LogP contribution in [0.25, 0.3) is 0 Å². The fourth-order valence-electron chi connectivity index (χ4n) is 3.92. The highest BCUT2D eigenvalue weighted by Gasteiger charge is 2.57. The summed E-state index contributed by atoms with van der Waals surface area (Å²) in [6.45, 7) is 0. The summed E-state index contributed by atoms with van der Waals surface area (Å²) in [5.41, 5.74) is 1.91. The fourth-order valence-corrected chi connectivity index (χ4v) is 5.63. The molecule has 4 heteroatoms. The Bertz CT molecular complexity index is 758. The van der Waals surface area contributed by atoms with E-state index in [0.29, 0.717) is 12.2 Å². The van der Waals surface area contributed by atoms with Crippen molar-refractivity contribution < 1.29 is 14.3 Å². The van der Waals surface area contributed by atoms with Gasteiger partial charge < -0.3 is 5.11 Å². The summed E-state index contributed by atoms with van der Waals surface area (Å²) >= 11 is 1.60. The van der Waals surface area contributed by atoms with Crippen LogP contribution < -0.4 is 0 Å². The van der Waals surface area contributed by atoms with Crippen molar-refractivity contribution in [2.45, 2.75) is 24.2 Å². The molecule has 3 atom stereocenters. The van der Waals surface area contributed by atoms with Gasteiger partial charge >= 0.3 is 0 Å². The van der Waals surface area contributed by atoms with Crippen LogP contribution in [-0.2, 0) is 6.42 Å². The second kappa shape index (κ2) is 5.46. The van der Waals surface area contributed by atoms with Gasteiger partial charge in [-0.3, -0.25) is 4.79 Å². The average Bonchev–Trinajstić information content (AvgIpc) is 2.90. The normalized spacial score (nSPS) is 29.7. The Morgan fingerprint density at radius 1 is 1.13 bits per heavy atom. The van der Waals surface area contributed by atoms with E-state index >= 15 is 0 Å². The Morgan fingerprint density at radius 3 is 2.65 bits per heavy atom. The van der Waals surface area contributed by atoms with Gasteiger partial charge in [-0.1, -0.05) is 36.4 Å². The van der Waals surface area contributed by atoms with E-state index in [0.717, 1.165) is 23.1 Å². The van der Waals surface area contributed by atoms with Gasteiger partial charge in [0, 0.05) is 16.6 Å². The second-order valence-electron chi connectivity index (χ2n) is 6.31. The molecule has 1 aliphatic heterocycles. The molecule has 0 unspecified atom stereocenters. The summed E-state index contributed by atoms with van der Waals surface area (Å²) in [7, 11) is 0. The van der Waals surface area contributed by atoms with E-state index in [-0.39, 0.29) is 16.9 Å². The third-order valence-corrected chi connectivity index (χ3v) is 6.68. The number of aryl methyl sites for hydroxylation is 1. The van der Waals surface area contributed by atoms with Crippen molar-refractivity contribution >= 4 is 17.5 Å². The maximum Gasteiger partial charge on any atom is 0.173 e. The molecule has 0 aromatic heterocycles. The monoisotopic (exact) mass is 328 g/mol. The number of rotatable bonds is 1. The summed E-state index contributed by atoms with van der Waals surface area (Å²) < 4.78 is 13.2. The molecule has 4 rings (SSSR count). The van der Waals surface area contributed by atoms with Crippen molar-refractivity contribution in [3.05, 3.63) is 71.0 Å². The first-order valence-corrected chi connectivity index (χ1v) is 8.85. The average molecular weight is 328 g/mol. The summed E-state index contributed by atoms with van der Waals surface area (Å²) in [5, 5.41) is 10.5. The number of carbonyl (C=O) groups is 1. The van der Waals surface area contributed by atoms with E-state index in [1.54, 1.807) is 23.9 Å². The molecular formula is C19H17FO2S. The highest BCUT2D eigenvalue weighted by atomic mass is 32.2. The summed E-state index contributed by atoms with van der Waals surface area (Å²) in [6, 6.07) is 14.0. The van der Waals surface area contributed by atoms with Gasteiger partial charge in [0.05, 0.1) is 11.5 Å². The number of benzene rings is 2. The minimum absolute atomic E-state index is 0.0335. The van der Waals surface area contributed by atoms with Crippen LogP contribution in [0.3, 0.4) is 0 Å². The molecule has 1 saturated heterocycles. The van der Waals surface area contributed by atoms with Crippen molar-refractivity contribution in [2.24, 2.45) is 5.41 Å². The Hall–Kier alpha value is -1.65. The predicted octanol–water partition coefficient (Wildman–Crippen LogP) is 3.79.